The van der Waals surface area contributed by atoms with Crippen LogP contribution in [0.2, 0.25) is 0 Å². The van der Waals surface area contributed by atoms with Crippen LogP contribution in [0.15, 0.2) is 87.0 Å². The molecule has 0 unspecified atom stereocenters. The number of nitrogens with one attached hydrogen (secondary N) is 2. The minimum atomic E-state index is -4.05. The molecule has 2 heterocycles. The molecule has 0 aliphatic heterocycles. The first-order valence-corrected chi connectivity index (χ1v) is 13.5. The van der Waals surface area contributed by atoms with Gasteiger partial charge in [-0.2, -0.15) is 4.72 Å². The van der Waals surface area contributed by atoms with E-state index in [4.69, 9.17) is 9.15 Å². The first kappa shape index (κ1) is 25.4. The molecule has 5 aromatic rings. The monoisotopic (exact) mass is 530 g/mol. The van der Waals surface area contributed by atoms with Gasteiger partial charge >= 0.3 is 11.6 Å². The highest BCUT2D eigenvalue weighted by atomic mass is 32.2. The zero-order valence-electron chi connectivity index (χ0n) is 21.1. The predicted molar refractivity (Wildman–Crippen MR) is 145 cm³/mol. The van der Waals surface area contributed by atoms with Gasteiger partial charge in [0.15, 0.2) is 0 Å². The van der Waals surface area contributed by atoms with Gasteiger partial charge in [-0.05, 0) is 62.2 Å². The van der Waals surface area contributed by atoms with Gasteiger partial charge in [0, 0.05) is 40.5 Å². The quantitative estimate of drug-likeness (QED) is 0.179. The lowest BCUT2D eigenvalue weighted by molar-refractivity contribution is -0.136. The zero-order valence-corrected chi connectivity index (χ0v) is 21.9. The number of hydrogen-bond donors (Lipinski definition) is 2. The number of benzene rings is 3. The van der Waals surface area contributed by atoms with Gasteiger partial charge in [-0.3, -0.25) is 0 Å². The maximum Gasteiger partial charge on any atom is 0.336 e. The van der Waals surface area contributed by atoms with Crippen LogP contribution in [0.4, 0.5) is 0 Å². The van der Waals surface area contributed by atoms with Crippen molar-refractivity contribution in [2.75, 3.05) is 0 Å². The van der Waals surface area contributed by atoms with Crippen molar-refractivity contribution >= 4 is 37.9 Å². The number of para-hydroxylation sites is 1. The lowest BCUT2D eigenvalue weighted by Crippen LogP contribution is -2.44. The summed E-state index contributed by atoms with van der Waals surface area (Å²) >= 11 is 0. The molecule has 0 saturated carbocycles. The van der Waals surface area contributed by atoms with Gasteiger partial charge < -0.3 is 14.1 Å². The van der Waals surface area contributed by atoms with Gasteiger partial charge in [-0.15, -0.1) is 0 Å². The third kappa shape index (κ3) is 4.98. The van der Waals surface area contributed by atoms with E-state index in [2.05, 4.69) is 9.71 Å². The molecule has 2 aromatic heterocycles. The van der Waals surface area contributed by atoms with Crippen molar-refractivity contribution in [1.29, 1.82) is 0 Å². The second-order valence-electron chi connectivity index (χ2n) is 9.29. The molecule has 0 spiro atoms. The number of H-pyrrole nitrogens is 1. The molecule has 0 amide bonds. The Morgan fingerprint density at radius 2 is 1.74 bits per heavy atom. The Morgan fingerprint density at radius 3 is 2.50 bits per heavy atom. The second kappa shape index (κ2) is 9.92. The minimum absolute atomic E-state index is 0.0407. The van der Waals surface area contributed by atoms with E-state index in [-0.39, 0.29) is 17.1 Å². The molecule has 9 heteroatoms. The molecule has 2 N–H and O–H groups in total. The number of carbonyl (C=O) groups excluding carboxylic acids is 1. The Bertz CT molecular complexity index is 1840. The molecule has 1 atom stereocenters. The number of sulfonamides is 1. The molecular weight excluding hydrogens is 504 g/mol. The van der Waals surface area contributed by atoms with E-state index >= 15 is 0 Å². The van der Waals surface area contributed by atoms with Crippen molar-refractivity contribution in [2.45, 2.75) is 38.1 Å². The number of aromatic amines is 1. The number of fused-ring (bicyclic) bond motifs is 2. The molecular formula is C29H26N2O6S. The molecule has 0 radical (unpaired) electrons. The summed E-state index contributed by atoms with van der Waals surface area (Å²) in [6, 6.07) is 17.4. The van der Waals surface area contributed by atoms with Crippen molar-refractivity contribution < 1.29 is 22.4 Å². The molecule has 5 rings (SSSR count). The van der Waals surface area contributed by atoms with Crippen LogP contribution in [0.5, 0.6) is 5.75 Å². The lowest BCUT2D eigenvalue weighted by atomic mass is 10.1. The van der Waals surface area contributed by atoms with Crippen LogP contribution >= 0.6 is 0 Å². The third-order valence-corrected chi connectivity index (χ3v) is 8.03. The number of aromatic nitrogens is 1. The van der Waals surface area contributed by atoms with Crippen LogP contribution in [0.1, 0.15) is 22.3 Å². The minimum Gasteiger partial charge on any atom is -0.425 e. The van der Waals surface area contributed by atoms with E-state index in [1.54, 1.807) is 44.3 Å². The fourth-order valence-electron chi connectivity index (χ4n) is 4.46. The number of carbonyl (C=O) groups is 1. The van der Waals surface area contributed by atoms with Crippen molar-refractivity contribution in [3.63, 3.8) is 0 Å². The van der Waals surface area contributed by atoms with E-state index in [0.29, 0.717) is 11.1 Å². The van der Waals surface area contributed by atoms with Crippen molar-refractivity contribution in [3.8, 4) is 5.75 Å². The Balaban J connectivity index is 1.51. The fraction of sp³-hybridized carbons (Fsp3) is 0.172. The van der Waals surface area contributed by atoms with Crippen LogP contribution in [-0.4, -0.2) is 25.4 Å². The van der Waals surface area contributed by atoms with Crippen molar-refractivity contribution in [3.05, 3.63) is 106 Å². The molecule has 0 aliphatic carbocycles. The van der Waals surface area contributed by atoms with Gasteiger partial charge in [-0.1, -0.05) is 35.9 Å². The highest BCUT2D eigenvalue weighted by molar-refractivity contribution is 7.89. The summed E-state index contributed by atoms with van der Waals surface area (Å²) in [6.07, 6.45) is 1.80. The Morgan fingerprint density at radius 1 is 1.00 bits per heavy atom. The SMILES string of the molecule is Cc1ccc(S(=O)(=O)N[C@H](Cc2c[nH]c3ccccc23)C(=O)Oc2ccc3c(C)cc(=O)oc3c2C)cc1. The summed E-state index contributed by atoms with van der Waals surface area (Å²) in [5, 5.41) is 1.59. The van der Waals surface area contributed by atoms with E-state index < -0.39 is 27.7 Å². The third-order valence-electron chi connectivity index (χ3n) is 6.54. The molecule has 0 saturated heterocycles. The zero-order chi connectivity index (χ0) is 27.0. The first-order chi connectivity index (χ1) is 18.1. The van der Waals surface area contributed by atoms with Crippen LogP contribution in [0.3, 0.4) is 0 Å². The molecule has 3 aromatic carbocycles. The molecule has 0 aliphatic rings. The Labute approximate surface area is 219 Å². The molecule has 0 bridgehead atoms. The van der Waals surface area contributed by atoms with Gasteiger partial charge in [0.1, 0.15) is 17.4 Å². The van der Waals surface area contributed by atoms with Crippen LogP contribution in [-0.2, 0) is 21.2 Å². The average molecular weight is 531 g/mol. The average Bonchev–Trinajstić information content (AvgIpc) is 3.28. The van der Waals surface area contributed by atoms with Crippen LogP contribution in [0.25, 0.3) is 21.9 Å². The van der Waals surface area contributed by atoms with Gasteiger partial charge in [-0.25, -0.2) is 18.0 Å². The lowest BCUT2D eigenvalue weighted by Gasteiger charge is -2.19. The standard InChI is InChI=1S/C29H26N2O6S/c1-17-8-10-21(11-9-17)38(34,35)31-25(15-20-16-30-24-7-5-4-6-23(20)24)29(33)36-26-13-12-22-18(2)14-27(32)37-28(22)19(26)3/h4-14,16,25,30-31H,15H2,1-3H3/t25-/m1/s1. The number of aryl methyl sites for hydroxylation is 3. The maximum atomic E-state index is 13.5. The summed E-state index contributed by atoms with van der Waals surface area (Å²) in [5.41, 5.74) is 3.53. The molecule has 0 fully saturated rings. The number of ether oxygens (including phenoxy) is 1. The van der Waals surface area contributed by atoms with E-state index in [1.807, 2.05) is 31.2 Å². The smallest absolute Gasteiger partial charge is 0.336 e. The second-order valence-corrected chi connectivity index (χ2v) is 11.0. The molecule has 194 valence electrons. The van der Waals surface area contributed by atoms with E-state index in [0.717, 1.165) is 33.0 Å². The van der Waals surface area contributed by atoms with Gasteiger partial charge in [0.2, 0.25) is 10.0 Å². The Kier molecular flexibility index (Phi) is 6.64. The fourth-order valence-corrected chi connectivity index (χ4v) is 5.64. The normalized spacial score (nSPS) is 12.6. The van der Waals surface area contributed by atoms with Crippen LogP contribution in [0, 0.1) is 20.8 Å². The first-order valence-electron chi connectivity index (χ1n) is 12.0. The number of esters is 1. The predicted octanol–water partition coefficient (Wildman–Crippen LogP) is 4.69. The summed E-state index contributed by atoms with van der Waals surface area (Å²) in [5.74, 6) is -0.613. The van der Waals surface area contributed by atoms with Crippen molar-refractivity contribution in [2.24, 2.45) is 0 Å². The van der Waals surface area contributed by atoms with E-state index in [9.17, 15) is 18.0 Å². The van der Waals surface area contributed by atoms with E-state index in [1.165, 1.54) is 18.2 Å². The molecule has 8 nitrogen and oxygen atoms in total. The summed E-state index contributed by atoms with van der Waals surface area (Å²) in [4.78, 5) is 28.6. The number of hydrogen-bond acceptors (Lipinski definition) is 6. The summed E-state index contributed by atoms with van der Waals surface area (Å²) < 4.78 is 40.1. The highest BCUT2D eigenvalue weighted by Crippen LogP contribution is 2.29. The van der Waals surface area contributed by atoms with Gasteiger partial charge in [0.25, 0.3) is 0 Å². The van der Waals surface area contributed by atoms with Gasteiger partial charge in [0.05, 0.1) is 4.90 Å². The maximum absolute atomic E-state index is 13.5. The highest BCUT2D eigenvalue weighted by Gasteiger charge is 2.29. The summed E-state index contributed by atoms with van der Waals surface area (Å²) in [6.45, 7) is 5.33. The van der Waals surface area contributed by atoms with Crippen molar-refractivity contribution in [1.82, 2.24) is 9.71 Å². The number of rotatable bonds is 7. The van der Waals surface area contributed by atoms with Crippen LogP contribution < -0.4 is 15.1 Å². The summed E-state index contributed by atoms with van der Waals surface area (Å²) in [7, 11) is -4.05. The topological polar surface area (TPSA) is 118 Å². The molecule has 38 heavy (non-hydrogen) atoms. The largest absolute Gasteiger partial charge is 0.425 e. The Hall–Kier alpha value is -4.21.